The van der Waals surface area contributed by atoms with E-state index in [9.17, 15) is 9.59 Å². The van der Waals surface area contributed by atoms with Crippen molar-refractivity contribution in [2.24, 2.45) is 0 Å². The molecular formula is C15H16N2O4S. The molecule has 1 aromatic heterocycles. The number of ether oxygens (including phenoxy) is 2. The van der Waals surface area contributed by atoms with Gasteiger partial charge in [0.15, 0.2) is 5.57 Å². The van der Waals surface area contributed by atoms with Gasteiger partial charge in [-0.1, -0.05) is 0 Å². The van der Waals surface area contributed by atoms with Crippen LogP contribution in [-0.2, 0) is 19.1 Å². The van der Waals surface area contributed by atoms with Crippen LogP contribution >= 0.6 is 11.3 Å². The lowest BCUT2D eigenvalue weighted by molar-refractivity contribution is -0.145. The number of anilines is 1. The van der Waals surface area contributed by atoms with Crippen LogP contribution in [0.4, 0.5) is 5.69 Å². The second kappa shape index (κ2) is 7.04. The Hall–Kier alpha value is -2.41. The number of esters is 2. The molecule has 0 bridgehead atoms. The second-order valence-electron chi connectivity index (χ2n) is 4.33. The molecule has 1 aromatic carbocycles. The molecule has 0 radical (unpaired) electrons. The topological polar surface area (TPSA) is 77.5 Å². The number of methoxy groups -OCH3 is 1. The molecule has 0 aliphatic heterocycles. The maximum absolute atomic E-state index is 11.7. The van der Waals surface area contributed by atoms with E-state index >= 15 is 0 Å². The van der Waals surface area contributed by atoms with Gasteiger partial charge in [0.05, 0.1) is 28.9 Å². The van der Waals surface area contributed by atoms with Crippen molar-refractivity contribution in [1.82, 2.24) is 4.98 Å². The largest absolute Gasteiger partial charge is 0.465 e. The SMILES string of the molecule is CCOC(=O)/C(=C/Nc1ccc2nc(C)sc2c1)C(=O)OC. The summed E-state index contributed by atoms with van der Waals surface area (Å²) in [7, 11) is 1.21. The van der Waals surface area contributed by atoms with Crippen molar-refractivity contribution < 1.29 is 19.1 Å². The molecule has 1 N–H and O–H groups in total. The third-order valence-electron chi connectivity index (χ3n) is 2.78. The number of rotatable bonds is 5. The summed E-state index contributed by atoms with van der Waals surface area (Å²) in [5, 5.41) is 3.89. The van der Waals surface area contributed by atoms with Crippen LogP contribution in [0.3, 0.4) is 0 Å². The van der Waals surface area contributed by atoms with Gasteiger partial charge in [0.1, 0.15) is 0 Å². The number of carbonyl (C=O) groups is 2. The number of aryl methyl sites for hydroxylation is 1. The minimum atomic E-state index is -0.749. The molecule has 0 spiro atoms. The zero-order valence-electron chi connectivity index (χ0n) is 12.5. The fraction of sp³-hybridized carbons (Fsp3) is 0.267. The van der Waals surface area contributed by atoms with E-state index in [1.807, 2.05) is 25.1 Å². The third kappa shape index (κ3) is 3.62. The minimum absolute atomic E-state index is 0.180. The Morgan fingerprint density at radius 2 is 2.14 bits per heavy atom. The zero-order chi connectivity index (χ0) is 16.1. The molecule has 22 heavy (non-hydrogen) atoms. The first-order valence-corrected chi connectivity index (χ1v) is 7.46. The molecule has 0 fully saturated rings. The van der Waals surface area contributed by atoms with Gasteiger partial charge >= 0.3 is 11.9 Å². The lowest BCUT2D eigenvalue weighted by Crippen LogP contribution is -2.18. The second-order valence-corrected chi connectivity index (χ2v) is 5.56. The highest BCUT2D eigenvalue weighted by molar-refractivity contribution is 7.18. The molecule has 2 rings (SSSR count). The molecule has 0 saturated heterocycles. The molecule has 0 saturated carbocycles. The highest BCUT2D eigenvalue weighted by atomic mass is 32.1. The van der Waals surface area contributed by atoms with Crippen molar-refractivity contribution in [2.75, 3.05) is 19.0 Å². The van der Waals surface area contributed by atoms with Gasteiger partial charge in [-0.05, 0) is 32.0 Å². The van der Waals surface area contributed by atoms with E-state index in [1.54, 1.807) is 18.3 Å². The monoisotopic (exact) mass is 320 g/mol. The van der Waals surface area contributed by atoms with Crippen LogP contribution in [0.15, 0.2) is 30.0 Å². The van der Waals surface area contributed by atoms with E-state index in [1.165, 1.54) is 13.3 Å². The molecule has 0 atom stereocenters. The molecule has 6 nitrogen and oxygen atoms in total. The Labute approximate surface area is 131 Å². The van der Waals surface area contributed by atoms with E-state index < -0.39 is 11.9 Å². The summed E-state index contributed by atoms with van der Waals surface area (Å²) in [6, 6.07) is 5.59. The van der Waals surface area contributed by atoms with Crippen molar-refractivity contribution in [2.45, 2.75) is 13.8 Å². The van der Waals surface area contributed by atoms with Gasteiger partial charge in [-0.15, -0.1) is 11.3 Å². The molecule has 0 aliphatic rings. The number of hydrogen-bond acceptors (Lipinski definition) is 7. The summed E-state index contributed by atoms with van der Waals surface area (Å²) in [4.78, 5) is 27.7. The van der Waals surface area contributed by atoms with Gasteiger partial charge in [0, 0.05) is 11.9 Å². The van der Waals surface area contributed by atoms with Gasteiger partial charge in [-0.25, -0.2) is 14.6 Å². The number of aromatic nitrogens is 1. The summed E-state index contributed by atoms with van der Waals surface area (Å²) in [5.74, 6) is -1.47. The lowest BCUT2D eigenvalue weighted by atomic mass is 10.2. The van der Waals surface area contributed by atoms with Crippen molar-refractivity contribution in [1.29, 1.82) is 0 Å². The number of carbonyl (C=O) groups excluding carboxylic acids is 2. The number of nitrogens with one attached hydrogen (secondary N) is 1. The van der Waals surface area contributed by atoms with Crippen LogP contribution in [0.1, 0.15) is 11.9 Å². The first-order chi connectivity index (χ1) is 10.5. The Bertz CT molecular complexity index is 736. The van der Waals surface area contributed by atoms with E-state index in [4.69, 9.17) is 4.74 Å². The summed E-state index contributed by atoms with van der Waals surface area (Å²) in [6.45, 7) is 3.79. The fourth-order valence-corrected chi connectivity index (χ4v) is 2.67. The summed E-state index contributed by atoms with van der Waals surface area (Å²) < 4.78 is 10.4. The first-order valence-electron chi connectivity index (χ1n) is 6.64. The standard InChI is InChI=1S/C15H16N2O4S/c1-4-21-15(19)11(14(18)20-3)8-16-10-5-6-12-13(7-10)22-9(2)17-12/h5-8,16H,4H2,1-3H3/b11-8+. The Morgan fingerprint density at radius 3 is 2.82 bits per heavy atom. The number of fused-ring (bicyclic) bond motifs is 1. The summed E-state index contributed by atoms with van der Waals surface area (Å²) >= 11 is 1.57. The van der Waals surface area contributed by atoms with Gasteiger partial charge in [0.25, 0.3) is 0 Å². The van der Waals surface area contributed by atoms with E-state index in [-0.39, 0.29) is 12.2 Å². The predicted molar refractivity (Wildman–Crippen MR) is 84.7 cm³/mol. The smallest absolute Gasteiger partial charge is 0.347 e. The Balaban J connectivity index is 2.23. The van der Waals surface area contributed by atoms with Crippen LogP contribution in [0.5, 0.6) is 0 Å². The Morgan fingerprint density at radius 1 is 1.36 bits per heavy atom. The van der Waals surface area contributed by atoms with Crippen LogP contribution in [-0.4, -0.2) is 30.6 Å². The lowest BCUT2D eigenvalue weighted by Gasteiger charge is -2.06. The highest BCUT2D eigenvalue weighted by Gasteiger charge is 2.20. The normalized spacial score (nSPS) is 11.3. The minimum Gasteiger partial charge on any atom is -0.465 e. The number of hydrogen-bond donors (Lipinski definition) is 1. The zero-order valence-corrected chi connectivity index (χ0v) is 13.3. The van der Waals surface area contributed by atoms with Crippen LogP contribution in [0, 0.1) is 6.92 Å². The van der Waals surface area contributed by atoms with Crippen LogP contribution in [0.2, 0.25) is 0 Å². The maximum atomic E-state index is 11.7. The van der Waals surface area contributed by atoms with Crippen LogP contribution < -0.4 is 5.32 Å². The summed E-state index contributed by atoms with van der Waals surface area (Å²) in [5.41, 5.74) is 1.46. The van der Waals surface area contributed by atoms with Crippen molar-refractivity contribution in [3.05, 3.63) is 35.0 Å². The predicted octanol–water partition coefficient (Wildman–Crippen LogP) is 2.64. The fourth-order valence-electron chi connectivity index (χ4n) is 1.81. The average molecular weight is 320 g/mol. The average Bonchev–Trinajstić information content (AvgIpc) is 2.86. The molecule has 7 heteroatoms. The van der Waals surface area contributed by atoms with E-state index in [2.05, 4.69) is 15.0 Å². The van der Waals surface area contributed by atoms with Crippen molar-refractivity contribution in [3.8, 4) is 0 Å². The highest BCUT2D eigenvalue weighted by Crippen LogP contribution is 2.24. The molecular weight excluding hydrogens is 304 g/mol. The first kappa shape index (κ1) is 16.0. The molecule has 2 aromatic rings. The number of thiazole rings is 1. The van der Waals surface area contributed by atoms with Gasteiger partial charge < -0.3 is 14.8 Å². The molecule has 0 unspecified atom stereocenters. The van der Waals surface area contributed by atoms with E-state index in [0.717, 1.165) is 20.9 Å². The number of benzene rings is 1. The molecule has 0 aliphatic carbocycles. The van der Waals surface area contributed by atoms with Gasteiger partial charge in [0.2, 0.25) is 0 Å². The quantitative estimate of drug-likeness (QED) is 0.395. The van der Waals surface area contributed by atoms with Crippen molar-refractivity contribution in [3.63, 3.8) is 0 Å². The van der Waals surface area contributed by atoms with Gasteiger partial charge in [-0.3, -0.25) is 0 Å². The third-order valence-corrected chi connectivity index (χ3v) is 3.71. The Kier molecular flexibility index (Phi) is 5.11. The maximum Gasteiger partial charge on any atom is 0.347 e. The molecule has 1 heterocycles. The van der Waals surface area contributed by atoms with Crippen LogP contribution in [0.25, 0.3) is 10.2 Å². The molecule has 116 valence electrons. The van der Waals surface area contributed by atoms with Gasteiger partial charge in [-0.2, -0.15) is 0 Å². The van der Waals surface area contributed by atoms with E-state index in [0.29, 0.717) is 0 Å². The summed E-state index contributed by atoms with van der Waals surface area (Å²) in [6.07, 6.45) is 1.29. The number of nitrogens with zero attached hydrogens (tertiary/aromatic N) is 1. The molecule has 0 amide bonds. The van der Waals surface area contributed by atoms with Crippen molar-refractivity contribution >= 4 is 39.2 Å².